The van der Waals surface area contributed by atoms with E-state index in [2.05, 4.69) is 0 Å². The van der Waals surface area contributed by atoms with Crippen molar-refractivity contribution in [2.24, 2.45) is 0 Å². The van der Waals surface area contributed by atoms with Gasteiger partial charge in [0.1, 0.15) is 0 Å². The van der Waals surface area contributed by atoms with E-state index in [-0.39, 0.29) is 23.8 Å². The minimum Gasteiger partial charge on any atom is -0.305 e. The van der Waals surface area contributed by atoms with E-state index >= 15 is 0 Å². The van der Waals surface area contributed by atoms with E-state index in [0.717, 1.165) is 29.0 Å². The number of hydrogen-bond donors (Lipinski definition) is 0. The summed E-state index contributed by atoms with van der Waals surface area (Å²) in [6, 6.07) is 12.7. The zero-order valence-corrected chi connectivity index (χ0v) is 14.2. The molecule has 0 saturated carbocycles. The highest BCUT2D eigenvalue weighted by atomic mass is 16.2. The Balaban J connectivity index is 1.76. The molecule has 0 N–H and O–H groups in total. The van der Waals surface area contributed by atoms with Crippen LogP contribution in [0.15, 0.2) is 42.5 Å². The molecule has 0 saturated heterocycles. The number of fused-ring (bicyclic) bond motifs is 2. The van der Waals surface area contributed by atoms with Gasteiger partial charge >= 0.3 is 0 Å². The van der Waals surface area contributed by atoms with Crippen molar-refractivity contribution in [1.29, 1.82) is 0 Å². The number of carbonyl (C=O) groups excluding carboxylic acids is 3. The molecule has 3 amide bonds. The van der Waals surface area contributed by atoms with E-state index in [9.17, 15) is 14.4 Å². The zero-order chi connectivity index (χ0) is 17.7. The maximum atomic E-state index is 13.2. The molecule has 0 aromatic heterocycles. The molecule has 0 aliphatic carbocycles. The standard InChI is InChI=1S/C20H18N2O3/c1-12-7-8-13-5-3-4-6-17(13)22(12)18(23)14-9-10-15-16(11-14)20(25)21(2)19(15)24/h3-6,9-12H,7-8H2,1-2H3. The molecule has 25 heavy (non-hydrogen) atoms. The number of aryl methyl sites for hydroxylation is 1. The molecule has 2 aromatic carbocycles. The summed E-state index contributed by atoms with van der Waals surface area (Å²) >= 11 is 0. The fourth-order valence-electron chi connectivity index (χ4n) is 3.63. The number of rotatable bonds is 1. The van der Waals surface area contributed by atoms with Crippen molar-refractivity contribution < 1.29 is 14.4 Å². The number of benzene rings is 2. The van der Waals surface area contributed by atoms with Gasteiger partial charge in [-0.2, -0.15) is 0 Å². The molecule has 126 valence electrons. The Kier molecular flexibility index (Phi) is 3.46. The molecule has 5 nitrogen and oxygen atoms in total. The van der Waals surface area contributed by atoms with E-state index in [4.69, 9.17) is 0 Å². The lowest BCUT2D eigenvalue weighted by Gasteiger charge is -2.35. The maximum absolute atomic E-state index is 13.2. The van der Waals surface area contributed by atoms with Gasteiger partial charge in [-0.3, -0.25) is 19.3 Å². The van der Waals surface area contributed by atoms with Crippen molar-refractivity contribution in [3.8, 4) is 0 Å². The Labute approximate surface area is 145 Å². The fraction of sp³-hybridized carbons (Fsp3) is 0.250. The van der Waals surface area contributed by atoms with Crippen LogP contribution in [0.1, 0.15) is 50.0 Å². The molecule has 1 unspecified atom stereocenters. The summed E-state index contributed by atoms with van der Waals surface area (Å²) in [5.41, 5.74) is 3.17. The van der Waals surface area contributed by atoms with Crippen molar-refractivity contribution in [1.82, 2.24) is 4.90 Å². The van der Waals surface area contributed by atoms with Crippen LogP contribution in [-0.4, -0.2) is 35.7 Å². The molecule has 2 aliphatic heterocycles. The van der Waals surface area contributed by atoms with E-state index in [1.54, 1.807) is 23.1 Å². The Bertz CT molecular complexity index is 919. The van der Waals surface area contributed by atoms with Gasteiger partial charge in [-0.1, -0.05) is 18.2 Å². The van der Waals surface area contributed by atoms with Crippen LogP contribution in [0.5, 0.6) is 0 Å². The van der Waals surface area contributed by atoms with Gasteiger partial charge in [0.15, 0.2) is 0 Å². The van der Waals surface area contributed by atoms with Gasteiger partial charge in [0.25, 0.3) is 17.7 Å². The largest absolute Gasteiger partial charge is 0.305 e. The third-order valence-electron chi connectivity index (χ3n) is 5.08. The van der Waals surface area contributed by atoms with Gasteiger partial charge in [-0.15, -0.1) is 0 Å². The third-order valence-corrected chi connectivity index (χ3v) is 5.08. The maximum Gasteiger partial charge on any atom is 0.261 e. The number of imide groups is 1. The summed E-state index contributed by atoms with van der Waals surface area (Å²) in [5.74, 6) is -0.824. The van der Waals surface area contributed by atoms with Gasteiger partial charge in [0.05, 0.1) is 11.1 Å². The Morgan fingerprint density at radius 1 is 1.04 bits per heavy atom. The first-order chi connectivity index (χ1) is 12.0. The van der Waals surface area contributed by atoms with Crippen LogP contribution in [0.25, 0.3) is 0 Å². The molecule has 4 rings (SSSR count). The van der Waals surface area contributed by atoms with E-state index < -0.39 is 0 Å². The SMILES string of the molecule is CC1CCc2ccccc2N1C(=O)c1ccc2c(c1)C(=O)N(C)C2=O. The molecule has 2 aromatic rings. The predicted molar refractivity (Wildman–Crippen MR) is 93.9 cm³/mol. The van der Waals surface area contributed by atoms with Crippen LogP contribution in [0.4, 0.5) is 5.69 Å². The van der Waals surface area contributed by atoms with E-state index in [1.807, 2.05) is 31.2 Å². The first-order valence-corrected chi connectivity index (χ1v) is 8.37. The summed E-state index contributed by atoms with van der Waals surface area (Å²) in [6.45, 7) is 2.03. The first-order valence-electron chi connectivity index (χ1n) is 8.37. The van der Waals surface area contributed by atoms with Crippen molar-refractivity contribution in [2.45, 2.75) is 25.8 Å². The summed E-state index contributed by atoms with van der Waals surface area (Å²) in [5, 5.41) is 0. The van der Waals surface area contributed by atoms with Crippen LogP contribution >= 0.6 is 0 Å². The topological polar surface area (TPSA) is 57.7 Å². The molecule has 0 radical (unpaired) electrons. The zero-order valence-electron chi connectivity index (χ0n) is 14.2. The smallest absolute Gasteiger partial charge is 0.261 e. The molecular formula is C20H18N2O3. The molecule has 2 heterocycles. The highest BCUT2D eigenvalue weighted by Gasteiger charge is 2.35. The predicted octanol–water partition coefficient (Wildman–Crippen LogP) is 2.89. The molecule has 0 bridgehead atoms. The lowest BCUT2D eigenvalue weighted by molar-refractivity contribution is 0.0693. The van der Waals surface area contributed by atoms with Gasteiger partial charge in [0, 0.05) is 24.3 Å². The molecule has 0 fully saturated rings. The van der Waals surface area contributed by atoms with E-state index in [0.29, 0.717) is 16.7 Å². The molecule has 5 heteroatoms. The number of anilines is 1. The van der Waals surface area contributed by atoms with Crippen molar-refractivity contribution >= 4 is 23.4 Å². The summed E-state index contributed by atoms with van der Waals surface area (Å²) in [4.78, 5) is 40.3. The summed E-state index contributed by atoms with van der Waals surface area (Å²) < 4.78 is 0. The highest BCUT2D eigenvalue weighted by Crippen LogP contribution is 2.32. The lowest BCUT2D eigenvalue weighted by atomic mass is 9.95. The van der Waals surface area contributed by atoms with E-state index in [1.165, 1.54) is 7.05 Å². The minimum absolute atomic E-state index is 0.0793. The Morgan fingerprint density at radius 2 is 1.76 bits per heavy atom. The van der Waals surface area contributed by atoms with Crippen LogP contribution in [-0.2, 0) is 6.42 Å². The summed E-state index contributed by atoms with van der Waals surface area (Å²) in [7, 11) is 1.45. The highest BCUT2D eigenvalue weighted by molar-refractivity contribution is 6.22. The first kappa shape index (κ1) is 15.6. The van der Waals surface area contributed by atoms with Crippen molar-refractivity contribution in [2.75, 3.05) is 11.9 Å². The third kappa shape index (κ3) is 2.27. The summed E-state index contributed by atoms with van der Waals surface area (Å²) in [6.07, 6.45) is 1.84. The second-order valence-corrected chi connectivity index (χ2v) is 6.62. The number of amides is 3. The van der Waals surface area contributed by atoms with Gasteiger partial charge < -0.3 is 4.90 Å². The molecule has 1 atom stereocenters. The minimum atomic E-state index is -0.359. The number of hydrogen-bond acceptors (Lipinski definition) is 3. The van der Waals surface area contributed by atoms with Gasteiger partial charge in [0.2, 0.25) is 0 Å². The molecule has 2 aliphatic rings. The quantitative estimate of drug-likeness (QED) is 0.754. The number of para-hydroxylation sites is 1. The lowest BCUT2D eigenvalue weighted by Crippen LogP contribution is -2.42. The van der Waals surface area contributed by atoms with Gasteiger partial charge in [-0.25, -0.2) is 0 Å². The molecular weight excluding hydrogens is 316 g/mol. The van der Waals surface area contributed by atoms with Crippen molar-refractivity contribution in [3.05, 3.63) is 64.7 Å². The monoisotopic (exact) mass is 334 g/mol. The number of nitrogens with zero attached hydrogens (tertiary/aromatic N) is 2. The number of carbonyl (C=O) groups is 3. The average Bonchev–Trinajstić information content (AvgIpc) is 2.85. The molecule has 0 spiro atoms. The van der Waals surface area contributed by atoms with Crippen molar-refractivity contribution in [3.63, 3.8) is 0 Å². The Hall–Kier alpha value is -2.95. The normalized spacial score (nSPS) is 19.0. The average molecular weight is 334 g/mol. The second kappa shape index (κ2) is 5.55. The van der Waals surface area contributed by atoms with Crippen LogP contribution in [0.3, 0.4) is 0 Å². The fourth-order valence-corrected chi connectivity index (χ4v) is 3.63. The van der Waals surface area contributed by atoms with Crippen LogP contribution in [0.2, 0.25) is 0 Å². The second-order valence-electron chi connectivity index (χ2n) is 6.62. The van der Waals surface area contributed by atoms with Crippen LogP contribution < -0.4 is 4.90 Å². The van der Waals surface area contributed by atoms with Crippen LogP contribution in [0, 0.1) is 0 Å². The Morgan fingerprint density at radius 3 is 2.56 bits per heavy atom. The van der Waals surface area contributed by atoms with Gasteiger partial charge in [-0.05, 0) is 49.6 Å².